The number of hydrogen-bond acceptors (Lipinski definition) is 4. The van der Waals surface area contributed by atoms with E-state index in [-0.39, 0.29) is 36.7 Å². The number of anilines is 1. The maximum atomic E-state index is 12.3. The molecule has 1 aromatic carbocycles. The molecule has 0 bridgehead atoms. The van der Waals surface area contributed by atoms with Crippen molar-refractivity contribution in [3.05, 3.63) is 30.3 Å². The Balaban J connectivity index is 2.00. The highest BCUT2D eigenvalue weighted by atomic mass is 16.2. The first kappa shape index (κ1) is 16.0. The van der Waals surface area contributed by atoms with Crippen molar-refractivity contribution in [1.82, 2.24) is 4.90 Å². The Morgan fingerprint density at radius 2 is 2.14 bits per heavy atom. The number of likely N-dealkylation sites (tertiary alicyclic amines) is 1. The van der Waals surface area contributed by atoms with Crippen LogP contribution in [0, 0.1) is 17.2 Å². The molecule has 2 amide bonds. The van der Waals surface area contributed by atoms with Crippen molar-refractivity contribution in [1.29, 1.82) is 5.26 Å². The summed E-state index contributed by atoms with van der Waals surface area (Å²) >= 11 is 0. The Morgan fingerprint density at radius 3 is 2.73 bits per heavy atom. The fourth-order valence-electron chi connectivity index (χ4n) is 2.58. The van der Waals surface area contributed by atoms with Crippen molar-refractivity contribution in [3.8, 4) is 6.07 Å². The summed E-state index contributed by atoms with van der Waals surface area (Å²) in [4.78, 5) is 25.9. The molecule has 0 aliphatic carbocycles. The van der Waals surface area contributed by atoms with Crippen molar-refractivity contribution in [2.24, 2.45) is 11.7 Å². The molecular weight excluding hydrogens is 280 g/mol. The minimum Gasteiger partial charge on any atom is -0.327 e. The van der Waals surface area contributed by atoms with Gasteiger partial charge in [0.25, 0.3) is 0 Å². The second-order valence-electron chi connectivity index (χ2n) is 5.66. The third-order valence-electron chi connectivity index (χ3n) is 3.68. The fraction of sp³-hybridized carbons (Fsp3) is 0.438. The van der Waals surface area contributed by atoms with Gasteiger partial charge in [0.15, 0.2) is 0 Å². The van der Waals surface area contributed by atoms with Crippen LogP contribution in [0.2, 0.25) is 0 Å². The summed E-state index contributed by atoms with van der Waals surface area (Å²) < 4.78 is 0. The van der Waals surface area contributed by atoms with E-state index in [9.17, 15) is 14.9 Å². The second kappa shape index (κ2) is 7.05. The number of nitrogens with one attached hydrogen (secondary N) is 1. The van der Waals surface area contributed by atoms with E-state index in [1.807, 2.05) is 18.2 Å². The minimum absolute atomic E-state index is 0.164. The van der Waals surface area contributed by atoms with Gasteiger partial charge < -0.3 is 16.0 Å². The number of benzene rings is 1. The predicted octanol–water partition coefficient (Wildman–Crippen LogP) is 1.10. The number of nitrogens with zero attached hydrogens (tertiary/aromatic N) is 2. The molecule has 3 unspecified atom stereocenters. The Bertz CT molecular complexity index is 580. The Hall–Kier alpha value is -2.39. The molecule has 22 heavy (non-hydrogen) atoms. The maximum absolute atomic E-state index is 12.3. The molecule has 1 saturated heterocycles. The highest BCUT2D eigenvalue weighted by molar-refractivity contribution is 5.93. The zero-order valence-corrected chi connectivity index (χ0v) is 12.5. The lowest BCUT2D eigenvalue weighted by Gasteiger charge is -2.20. The second-order valence-corrected chi connectivity index (χ2v) is 5.66. The van der Waals surface area contributed by atoms with Crippen LogP contribution in [0.1, 0.15) is 19.8 Å². The summed E-state index contributed by atoms with van der Waals surface area (Å²) in [5, 5.41) is 12.0. The van der Waals surface area contributed by atoms with Gasteiger partial charge >= 0.3 is 0 Å². The van der Waals surface area contributed by atoms with Gasteiger partial charge in [-0.15, -0.1) is 0 Å². The third kappa shape index (κ3) is 3.83. The fourth-order valence-corrected chi connectivity index (χ4v) is 2.58. The van der Waals surface area contributed by atoms with E-state index in [1.54, 1.807) is 19.1 Å². The molecule has 6 nitrogen and oxygen atoms in total. The predicted molar refractivity (Wildman–Crippen MR) is 82.6 cm³/mol. The monoisotopic (exact) mass is 300 g/mol. The molecule has 2 rings (SSSR count). The molecule has 1 aliphatic rings. The average molecular weight is 300 g/mol. The topological polar surface area (TPSA) is 99.2 Å². The van der Waals surface area contributed by atoms with Gasteiger partial charge in [-0.05, 0) is 25.5 Å². The van der Waals surface area contributed by atoms with Crippen molar-refractivity contribution in [2.45, 2.75) is 31.8 Å². The van der Waals surface area contributed by atoms with Crippen LogP contribution in [-0.4, -0.2) is 35.3 Å². The summed E-state index contributed by atoms with van der Waals surface area (Å²) in [6.07, 6.45) is 0.547. The molecule has 6 heteroatoms. The Morgan fingerprint density at radius 1 is 1.45 bits per heavy atom. The van der Waals surface area contributed by atoms with Gasteiger partial charge in [0.05, 0.1) is 12.0 Å². The molecular formula is C16H20N4O2. The van der Waals surface area contributed by atoms with E-state index in [2.05, 4.69) is 11.4 Å². The molecule has 1 aromatic rings. The van der Waals surface area contributed by atoms with Crippen LogP contribution < -0.4 is 11.1 Å². The van der Waals surface area contributed by atoms with Gasteiger partial charge in [-0.2, -0.15) is 5.26 Å². The molecule has 0 aromatic heterocycles. The molecule has 0 radical (unpaired) electrons. The average Bonchev–Trinajstić information content (AvgIpc) is 2.92. The van der Waals surface area contributed by atoms with Gasteiger partial charge in [-0.25, -0.2) is 0 Å². The van der Waals surface area contributed by atoms with Crippen LogP contribution in [0.25, 0.3) is 0 Å². The third-order valence-corrected chi connectivity index (χ3v) is 3.68. The summed E-state index contributed by atoms with van der Waals surface area (Å²) in [6.45, 7) is 2.01. The molecule has 116 valence electrons. The van der Waals surface area contributed by atoms with Crippen molar-refractivity contribution >= 4 is 17.5 Å². The molecule has 1 fully saturated rings. The van der Waals surface area contributed by atoms with Gasteiger partial charge in [0, 0.05) is 24.7 Å². The number of amides is 2. The quantitative estimate of drug-likeness (QED) is 0.869. The van der Waals surface area contributed by atoms with Crippen LogP contribution >= 0.6 is 0 Å². The highest BCUT2D eigenvalue weighted by Crippen LogP contribution is 2.25. The molecule has 3 atom stereocenters. The molecule has 0 saturated carbocycles. The number of nitrogens with two attached hydrogens (primary N) is 1. The number of carbonyl (C=O) groups excluding carboxylic acids is 2. The highest BCUT2D eigenvalue weighted by Gasteiger charge is 2.38. The van der Waals surface area contributed by atoms with Gasteiger partial charge in [-0.3, -0.25) is 9.59 Å². The van der Waals surface area contributed by atoms with E-state index in [0.717, 1.165) is 0 Å². The first-order chi connectivity index (χ1) is 10.5. The normalized spacial score (nSPS) is 22.0. The summed E-state index contributed by atoms with van der Waals surface area (Å²) in [5.41, 5.74) is 6.34. The van der Waals surface area contributed by atoms with E-state index in [0.29, 0.717) is 12.1 Å². The summed E-state index contributed by atoms with van der Waals surface area (Å²) in [5.74, 6) is -0.707. The SMILES string of the molecule is CC(N)CC(=O)N1CC(C(=O)Nc2ccccc2)CC1C#N. The first-order valence-corrected chi connectivity index (χ1v) is 7.32. The van der Waals surface area contributed by atoms with Gasteiger partial charge in [0.2, 0.25) is 11.8 Å². The van der Waals surface area contributed by atoms with Crippen molar-refractivity contribution in [3.63, 3.8) is 0 Å². The van der Waals surface area contributed by atoms with Gasteiger partial charge in [0.1, 0.15) is 6.04 Å². The van der Waals surface area contributed by atoms with E-state index < -0.39 is 6.04 Å². The minimum atomic E-state index is -0.558. The standard InChI is InChI=1S/C16H20N4O2/c1-11(18)7-15(21)20-10-12(8-14(20)9-17)16(22)19-13-5-3-2-4-6-13/h2-6,11-12,14H,7-8,10,18H2,1H3,(H,19,22). The van der Waals surface area contributed by atoms with Crippen LogP contribution in [0.3, 0.4) is 0 Å². The number of nitriles is 1. The lowest BCUT2D eigenvalue weighted by atomic mass is 10.1. The Labute approximate surface area is 129 Å². The largest absolute Gasteiger partial charge is 0.327 e. The van der Waals surface area contributed by atoms with E-state index in [1.165, 1.54) is 4.90 Å². The van der Waals surface area contributed by atoms with Crippen LogP contribution in [0.5, 0.6) is 0 Å². The zero-order valence-electron chi connectivity index (χ0n) is 12.5. The van der Waals surface area contributed by atoms with Crippen LogP contribution in [-0.2, 0) is 9.59 Å². The molecule has 3 N–H and O–H groups in total. The number of hydrogen-bond donors (Lipinski definition) is 2. The first-order valence-electron chi connectivity index (χ1n) is 7.32. The number of carbonyl (C=O) groups is 2. The van der Waals surface area contributed by atoms with Crippen molar-refractivity contribution < 1.29 is 9.59 Å². The summed E-state index contributed by atoms with van der Waals surface area (Å²) in [7, 11) is 0. The maximum Gasteiger partial charge on any atom is 0.229 e. The van der Waals surface area contributed by atoms with Gasteiger partial charge in [-0.1, -0.05) is 18.2 Å². The number of para-hydroxylation sites is 1. The van der Waals surface area contributed by atoms with Crippen LogP contribution in [0.4, 0.5) is 5.69 Å². The zero-order chi connectivity index (χ0) is 16.1. The molecule has 0 spiro atoms. The Kier molecular flexibility index (Phi) is 5.12. The smallest absolute Gasteiger partial charge is 0.229 e. The molecule has 1 aliphatic heterocycles. The molecule has 1 heterocycles. The van der Waals surface area contributed by atoms with Crippen molar-refractivity contribution in [2.75, 3.05) is 11.9 Å². The lowest BCUT2D eigenvalue weighted by Crippen LogP contribution is -2.38. The lowest BCUT2D eigenvalue weighted by molar-refractivity contribution is -0.131. The number of rotatable bonds is 4. The van der Waals surface area contributed by atoms with Crippen LogP contribution in [0.15, 0.2) is 30.3 Å². The van der Waals surface area contributed by atoms with E-state index in [4.69, 9.17) is 5.73 Å². The summed E-state index contributed by atoms with van der Waals surface area (Å²) in [6, 6.07) is 10.4. The van der Waals surface area contributed by atoms with E-state index >= 15 is 0 Å².